The number of aliphatic hydroxyl groups is 1. The molecule has 21 nitrogen and oxygen atoms in total. The number of phosphoric acid groups is 1. The van der Waals surface area contributed by atoms with E-state index in [1.165, 1.54) is 0 Å². The van der Waals surface area contributed by atoms with Gasteiger partial charge in [-0.2, -0.15) is 0 Å². The maximum Gasteiger partial charge on any atom is 1.00 e. The molecule has 0 atom stereocenters. The molecule has 0 aliphatic rings. The number of carbonyl (C=O) groups is 7. The molecule has 0 radical (unpaired) electrons. The average molecular weight is 626 g/mol. The summed E-state index contributed by atoms with van der Waals surface area (Å²) in [6.07, 6.45) is -2.29. The van der Waals surface area contributed by atoms with Gasteiger partial charge in [0, 0.05) is 13.1 Å². The second-order valence-corrected chi connectivity index (χ2v) is 7.88. The summed E-state index contributed by atoms with van der Waals surface area (Å²) in [5.74, 6) is -9.93. The Morgan fingerprint density at radius 1 is 0.575 bits per heavy atom. The molecule has 0 aromatic rings. The van der Waals surface area contributed by atoms with Gasteiger partial charge in [0.15, 0.2) is 5.60 Å². The zero-order valence-electron chi connectivity index (χ0n) is 21.1. The van der Waals surface area contributed by atoms with Gasteiger partial charge in [-0.3, -0.25) is 38.6 Å². The van der Waals surface area contributed by atoms with Crippen LogP contribution in [0.5, 0.6) is 0 Å². The SMILES string of the molecule is O=C(O)CC(O)(CC(=O)O)C(=O)O.O=C(O)CN(CCN(CC(=O)O)CC(=O)O)CC(=O)O.O=P([O-])([O-])O.[Na+].[Na+]. The maximum atomic E-state index is 10.6. The van der Waals surface area contributed by atoms with E-state index in [9.17, 15) is 33.6 Å². The first-order valence-electron chi connectivity index (χ1n) is 9.44. The first-order chi connectivity index (χ1) is 17.0. The Kier molecular flexibility index (Phi) is 28.7. The van der Waals surface area contributed by atoms with Crippen molar-refractivity contribution in [2.75, 3.05) is 39.3 Å². The van der Waals surface area contributed by atoms with E-state index in [0.717, 1.165) is 9.80 Å². The number of carboxylic acids is 7. The Morgan fingerprint density at radius 3 is 0.900 bits per heavy atom. The van der Waals surface area contributed by atoms with Crippen molar-refractivity contribution in [3.05, 3.63) is 0 Å². The first kappa shape index (κ1) is 48.0. The van der Waals surface area contributed by atoms with Gasteiger partial charge in [-0.1, -0.05) is 0 Å². The molecule has 0 rings (SSSR count). The van der Waals surface area contributed by atoms with E-state index in [2.05, 4.69) is 0 Å². The molecular formula is C16H25N2Na2O19P. The van der Waals surface area contributed by atoms with Crippen LogP contribution in [0.1, 0.15) is 12.8 Å². The Balaban J connectivity index is -0.000000176. The van der Waals surface area contributed by atoms with Gasteiger partial charge in [-0.25, -0.2) is 4.79 Å². The normalized spacial score (nSPS) is 10.3. The van der Waals surface area contributed by atoms with Gasteiger partial charge in [-0.15, -0.1) is 0 Å². The fourth-order valence-electron chi connectivity index (χ4n) is 2.19. The van der Waals surface area contributed by atoms with Crippen molar-refractivity contribution in [2.45, 2.75) is 18.4 Å². The van der Waals surface area contributed by atoms with Crippen LogP contribution in [0.3, 0.4) is 0 Å². The number of rotatable bonds is 16. The molecule has 0 heterocycles. The van der Waals surface area contributed by atoms with Crippen molar-refractivity contribution in [1.82, 2.24) is 9.80 Å². The molecule has 0 unspecified atom stereocenters. The molecule has 0 fully saturated rings. The molecule has 0 aliphatic carbocycles. The summed E-state index contributed by atoms with van der Waals surface area (Å²) in [6, 6.07) is 0. The van der Waals surface area contributed by atoms with Crippen molar-refractivity contribution in [2.24, 2.45) is 0 Å². The quantitative estimate of drug-likeness (QED) is 0.0567. The van der Waals surface area contributed by atoms with Gasteiger partial charge in [0.25, 0.3) is 0 Å². The van der Waals surface area contributed by atoms with Gasteiger partial charge in [0.1, 0.15) is 0 Å². The van der Waals surface area contributed by atoms with Crippen molar-refractivity contribution in [3.8, 4) is 0 Å². The van der Waals surface area contributed by atoms with Gasteiger partial charge in [-0.05, 0) is 0 Å². The van der Waals surface area contributed by atoms with E-state index in [4.69, 9.17) is 60.1 Å². The molecule has 0 aromatic heterocycles. The molecule has 40 heavy (non-hydrogen) atoms. The van der Waals surface area contributed by atoms with Gasteiger partial charge in [0.2, 0.25) is 0 Å². The zero-order chi connectivity index (χ0) is 30.9. The first-order valence-corrected chi connectivity index (χ1v) is 10.9. The minimum atomic E-state index is -5.14. The van der Waals surface area contributed by atoms with Crippen LogP contribution < -0.4 is 68.9 Å². The number of hydrogen-bond acceptors (Lipinski definition) is 13. The van der Waals surface area contributed by atoms with Crippen LogP contribution in [0.4, 0.5) is 0 Å². The molecule has 0 saturated heterocycles. The predicted octanol–water partition coefficient (Wildman–Crippen LogP) is -11.5. The van der Waals surface area contributed by atoms with Crippen LogP contribution >= 0.6 is 7.82 Å². The summed E-state index contributed by atoms with van der Waals surface area (Å²) in [7, 11) is -5.14. The van der Waals surface area contributed by atoms with Crippen LogP contribution in [0, 0.1) is 0 Å². The van der Waals surface area contributed by atoms with E-state index in [0.29, 0.717) is 0 Å². The molecule has 24 heteroatoms. The smallest absolute Gasteiger partial charge is 0.790 e. The van der Waals surface area contributed by atoms with Crippen LogP contribution in [0.2, 0.25) is 0 Å². The van der Waals surface area contributed by atoms with E-state index in [1.54, 1.807) is 0 Å². The average Bonchev–Trinajstić information content (AvgIpc) is 2.61. The molecule has 0 aliphatic heterocycles. The maximum absolute atomic E-state index is 10.6. The standard InChI is InChI=1S/C10H16N2O8.C6H8O7.2Na.H3O4P/c13-7(14)3-11(4-8(15)16)1-2-12(5-9(17)18)6-10(19)20;7-3(8)1-6(13,5(11)12)2-4(9)10;;;1-5(2,3)4/h1-6H2,(H,13,14)(H,15,16)(H,17,18)(H,19,20);13H,1-2H2,(H,7,8)(H,9,10)(H,11,12);;;(H3,1,2,3,4)/q;;2*+1;/p-2. The van der Waals surface area contributed by atoms with Crippen molar-refractivity contribution in [1.29, 1.82) is 0 Å². The van der Waals surface area contributed by atoms with E-state index in [-0.39, 0.29) is 72.2 Å². The summed E-state index contributed by atoms with van der Waals surface area (Å²) in [5.41, 5.74) is -2.74. The van der Waals surface area contributed by atoms with Gasteiger partial charge in [0.05, 0.1) is 46.8 Å². The second kappa shape index (κ2) is 23.9. The molecule has 0 amide bonds. The van der Waals surface area contributed by atoms with Crippen molar-refractivity contribution in [3.63, 3.8) is 0 Å². The third-order valence-electron chi connectivity index (χ3n) is 3.45. The van der Waals surface area contributed by atoms with E-state index in [1.807, 2.05) is 0 Å². The Labute approximate surface area is 268 Å². The van der Waals surface area contributed by atoms with E-state index >= 15 is 0 Å². The van der Waals surface area contributed by atoms with E-state index < -0.39 is 94.2 Å². The van der Waals surface area contributed by atoms with Crippen LogP contribution in [-0.4, -0.2) is 142 Å². The summed E-state index contributed by atoms with van der Waals surface area (Å²) in [5, 5.41) is 68.3. The van der Waals surface area contributed by atoms with Crippen LogP contribution in [-0.2, 0) is 38.1 Å². The molecule has 0 saturated carbocycles. The fraction of sp³-hybridized carbons (Fsp3) is 0.562. The number of aliphatic carboxylic acids is 7. The summed E-state index contributed by atoms with van der Waals surface area (Å²) in [4.78, 5) is 99.1. The molecule has 9 N–H and O–H groups in total. The topological polar surface area (TPSA) is 371 Å². The second-order valence-electron chi connectivity index (χ2n) is 6.94. The third-order valence-corrected chi connectivity index (χ3v) is 3.45. The minimum Gasteiger partial charge on any atom is -0.790 e. The molecular weight excluding hydrogens is 601 g/mol. The summed E-state index contributed by atoms with van der Waals surface area (Å²) in [6.45, 7) is -2.25. The molecule has 0 aromatic carbocycles. The Hall–Kier alpha value is -1.72. The van der Waals surface area contributed by atoms with Gasteiger partial charge >= 0.3 is 101 Å². The molecule has 0 spiro atoms. The summed E-state index contributed by atoms with van der Waals surface area (Å²) >= 11 is 0. The van der Waals surface area contributed by atoms with Crippen LogP contribution in [0.25, 0.3) is 0 Å². The number of hydrogen-bond donors (Lipinski definition) is 9. The Morgan fingerprint density at radius 2 is 0.775 bits per heavy atom. The number of carboxylic acid groups (broad SMARTS) is 7. The van der Waals surface area contributed by atoms with Crippen LogP contribution in [0.15, 0.2) is 0 Å². The Bertz CT molecular complexity index is 818. The zero-order valence-corrected chi connectivity index (χ0v) is 26.0. The minimum absolute atomic E-state index is 0. The largest absolute Gasteiger partial charge is 1.00 e. The monoisotopic (exact) mass is 626 g/mol. The van der Waals surface area contributed by atoms with Crippen molar-refractivity contribution < 1.29 is 153 Å². The summed E-state index contributed by atoms with van der Waals surface area (Å²) < 4.78 is 8.66. The van der Waals surface area contributed by atoms with Crippen molar-refractivity contribution >= 4 is 49.6 Å². The molecule has 0 bridgehead atoms. The number of nitrogens with zero attached hydrogens (tertiary/aromatic N) is 2. The predicted molar refractivity (Wildman–Crippen MR) is 110 cm³/mol. The molecule has 220 valence electrons. The third kappa shape index (κ3) is 36.3. The fourth-order valence-corrected chi connectivity index (χ4v) is 2.19. The van der Waals surface area contributed by atoms with Gasteiger partial charge < -0.3 is 60.1 Å².